The third-order valence-electron chi connectivity index (χ3n) is 4.91. The van der Waals surface area contributed by atoms with Crippen LogP contribution in [0, 0.1) is 5.92 Å². The fourth-order valence-corrected chi connectivity index (χ4v) is 4.46. The Bertz CT molecular complexity index is 715. The van der Waals surface area contributed by atoms with Gasteiger partial charge in [-0.3, -0.25) is 4.79 Å². The summed E-state index contributed by atoms with van der Waals surface area (Å²) >= 11 is 7.47. The zero-order valence-electron chi connectivity index (χ0n) is 14.8. The van der Waals surface area contributed by atoms with Gasteiger partial charge in [-0.2, -0.15) is 0 Å². The SMILES string of the molecule is CC(Sc1ccc(Cl)cc1)C(=O)N1CCC(C(O)c2ccccc2)CC1. The molecule has 26 heavy (non-hydrogen) atoms. The molecule has 0 aromatic heterocycles. The van der Waals surface area contributed by atoms with Gasteiger partial charge >= 0.3 is 0 Å². The summed E-state index contributed by atoms with van der Waals surface area (Å²) in [6.45, 7) is 3.37. The number of hydrogen-bond acceptors (Lipinski definition) is 3. The first-order chi connectivity index (χ1) is 12.5. The highest BCUT2D eigenvalue weighted by Gasteiger charge is 2.30. The Morgan fingerprint density at radius 1 is 1.12 bits per heavy atom. The number of carbonyl (C=O) groups is 1. The maximum atomic E-state index is 12.7. The summed E-state index contributed by atoms with van der Waals surface area (Å²) in [6, 6.07) is 17.4. The van der Waals surface area contributed by atoms with Crippen molar-refractivity contribution in [1.29, 1.82) is 0 Å². The third kappa shape index (κ3) is 4.81. The van der Waals surface area contributed by atoms with Gasteiger partial charge in [-0.15, -0.1) is 11.8 Å². The topological polar surface area (TPSA) is 40.5 Å². The lowest BCUT2D eigenvalue weighted by Crippen LogP contribution is -2.43. The minimum atomic E-state index is -0.450. The zero-order chi connectivity index (χ0) is 18.5. The van der Waals surface area contributed by atoms with Crippen LogP contribution >= 0.6 is 23.4 Å². The smallest absolute Gasteiger partial charge is 0.235 e. The quantitative estimate of drug-likeness (QED) is 0.747. The van der Waals surface area contributed by atoms with Crippen molar-refractivity contribution in [3.8, 4) is 0 Å². The summed E-state index contributed by atoms with van der Waals surface area (Å²) < 4.78 is 0. The highest BCUT2D eigenvalue weighted by Crippen LogP contribution is 2.32. The first kappa shape index (κ1) is 19.3. The molecule has 3 nitrogen and oxygen atoms in total. The molecular weight excluding hydrogens is 366 g/mol. The number of halogens is 1. The van der Waals surface area contributed by atoms with Crippen LogP contribution in [0.1, 0.15) is 31.4 Å². The summed E-state index contributed by atoms with van der Waals surface area (Å²) in [6.07, 6.45) is 1.22. The summed E-state index contributed by atoms with van der Waals surface area (Å²) in [5.74, 6) is 0.373. The van der Waals surface area contributed by atoms with Crippen LogP contribution in [0.5, 0.6) is 0 Å². The van der Waals surface area contributed by atoms with Gasteiger partial charge in [-0.05, 0) is 55.5 Å². The molecule has 1 aliphatic rings. The number of likely N-dealkylation sites (tertiary alicyclic amines) is 1. The number of piperidine rings is 1. The molecule has 138 valence electrons. The normalized spacial score (nSPS) is 17.7. The van der Waals surface area contributed by atoms with E-state index in [0.717, 1.165) is 23.3 Å². The Kier molecular flexibility index (Phi) is 6.63. The second kappa shape index (κ2) is 8.94. The molecule has 2 aromatic carbocycles. The van der Waals surface area contributed by atoms with Crippen LogP contribution in [0.3, 0.4) is 0 Å². The molecule has 2 unspecified atom stereocenters. The molecule has 0 aliphatic carbocycles. The number of rotatable bonds is 5. The largest absolute Gasteiger partial charge is 0.388 e. The van der Waals surface area contributed by atoms with E-state index in [-0.39, 0.29) is 17.1 Å². The van der Waals surface area contributed by atoms with Crippen LogP contribution in [0.2, 0.25) is 5.02 Å². The van der Waals surface area contributed by atoms with Crippen LogP contribution in [0.4, 0.5) is 0 Å². The monoisotopic (exact) mass is 389 g/mol. The average Bonchev–Trinajstić information content (AvgIpc) is 2.69. The molecule has 1 aliphatic heterocycles. The van der Waals surface area contributed by atoms with Crippen molar-refractivity contribution in [3.05, 3.63) is 65.2 Å². The number of thioether (sulfide) groups is 1. The molecule has 3 rings (SSSR count). The predicted molar refractivity (Wildman–Crippen MR) is 107 cm³/mol. The number of aliphatic hydroxyl groups excluding tert-OH is 1. The van der Waals surface area contributed by atoms with Crippen molar-refractivity contribution in [2.45, 2.75) is 36.0 Å². The highest BCUT2D eigenvalue weighted by molar-refractivity contribution is 8.00. The summed E-state index contributed by atoms with van der Waals surface area (Å²) in [5.41, 5.74) is 0.962. The third-order valence-corrected chi connectivity index (χ3v) is 6.26. The van der Waals surface area contributed by atoms with Gasteiger partial charge < -0.3 is 10.0 Å². The molecule has 1 saturated heterocycles. The number of carbonyl (C=O) groups excluding carboxylic acids is 1. The summed E-state index contributed by atoms with van der Waals surface area (Å²) in [4.78, 5) is 15.7. The predicted octanol–water partition coefficient (Wildman–Crippen LogP) is 4.79. The summed E-state index contributed by atoms with van der Waals surface area (Å²) in [5, 5.41) is 11.1. The van der Waals surface area contributed by atoms with Gasteiger partial charge in [-0.25, -0.2) is 0 Å². The molecule has 1 fully saturated rings. The average molecular weight is 390 g/mol. The van der Waals surface area contributed by atoms with Crippen molar-refractivity contribution in [3.63, 3.8) is 0 Å². The molecular formula is C21H24ClNO2S. The Morgan fingerprint density at radius 3 is 2.35 bits per heavy atom. The van der Waals surface area contributed by atoms with Crippen LogP contribution < -0.4 is 0 Å². The zero-order valence-corrected chi connectivity index (χ0v) is 16.4. The fourth-order valence-electron chi connectivity index (χ4n) is 3.38. The standard InChI is InChI=1S/C21H24ClNO2S/c1-15(26-19-9-7-18(22)8-10-19)21(25)23-13-11-17(12-14-23)20(24)16-5-3-2-4-6-16/h2-10,15,17,20,24H,11-14H2,1H3. The second-order valence-electron chi connectivity index (χ2n) is 6.73. The Hall–Kier alpha value is -1.49. The van der Waals surface area contributed by atoms with Crippen LogP contribution in [0.25, 0.3) is 0 Å². The molecule has 5 heteroatoms. The molecule has 2 aromatic rings. The fraction of sp³-hybridized carbons (Fsp3) is 0.381. The van der Waals surface area contributed by atoms with Crippen LogP contribution in [0.15, 0.2) is 59.5 Å². The number of aliphatic hydroxyl groups is 1. The first-order valence-electron chi connectivity index (χ1n) is 8.98. The maximum Gasteiger partial charge on any atom is 0.235 e. The Balaban J connectivity index is 1.52. The van der Waals surface area contributed by atoms with Gasteiger partial charge in [0.05, 0.1) is 11.4 Å². The minimum Gasteiger partial charge on any atom is -0.388 e. The number of amides is 1. The molecule has 2 atom stereocenters. The molecule has 1 N–H and O–H groups in total. The van der Waals surface area contributed by atoms with Gasteiger partial charge in [-0.1, -0.05) is 41.9 Å². The van der Waals surface area contributed by atoms with E-state index in [1.807, 2.05) is 66.4 Å². The Morgan fingerprint density at radius 2 is 1.73 bits per heavy atom. The van der Waals surface area contributed by atoms with Crippen LogP contribution in [-0.4, -0.2) is 34.3 Å². The van der Waals surface area contributed by atoms with Gasteiger partial charge in [0.1, 0.15) is 0 Å². The van der Waals surface area contributed by atoms with Gasteiger partial charge in [0.2, 0.25) is 5.91 Å². The minimum absolute atomic E-state index is 0.133. The van der Waals surface area contributed by atoms with Crippen molar-refractivity contribution in [2.24, 2.45) is 5.92 Å². The lowest BCUT2D eigenvalue weighted by atomic mass is 9.87. The van der Waals surface area contributed by atoms with E-state index in [0.29, 0.717) is 18.1 Å². The van der Waals surface area contributed by atoms with E-state index in [4.69, 9.17) is 11.6 Å². The van der Waals surface area contributed by atoms with Gasteiger partial charge in [0.15, 0.2) is 0 Å². The van der Waals surface area contributed by atoms with E-state index in [1.165, 1.54) is 0 Å². The molecule has 1 amide bonds. The van der Waals surface area contributed by atoms with E-state index in [2.05, 4.69) is 0 Å². The number of hydrogen-bond donors (Lipinski definition) is 1. The lowest BCUT2D eigenvalue weighted by Gasteiger charge is -2.35. The molecule has 0 radical (unpaired) electrons. The highest BCUT2D eigenvalue weighted by atomic mass is 35.5. The van der Waals surface area contributed by atoms with E-state index in [9.17, 15) is 9.90 Å². The maximum absolute atomic E-state index is 12.7. The van der Waals surface area contributed by atoms with Crippen LogP contribution in [-0.2, 0) is 4.79 Å². The van der Waals surface area contributed by atoms with E-state index >= 15 is 0 Å². The second-order valence-corrected chi connectivity index (χ2v) is 8.58. The summed E-state index contributed by atoms with van der Waals surface area (Å²) in [7, 11) is 0. The van der Waals surface area contributed by atoms with Gasteiger partial charge in [0.25, 0.3) is 0 Å². The number of benzene rings is 2. The molecule has 0 bridgehead atoms. The number of nitrogens with zero attached hydrogens (tertiary/aromatic N) is 1. The van der Waals surface area contributed by atoms with Crippen molar-refractivity contribution >= 4 is 29.3 Å². The first-order valence-corrected chi connectivity index (χ1v) is 10.2. The molecule has 1 heterocycles. The van der Waals surface area contributed by atoms with Crippen molar-refractivity contribution < 1.29 is 9.90 Å². The van der Waals surface area contributed by atoms with Crippen molar-refractivity contribution in [2.75, 3.05) is 13.1 Å². The van der Waals surface area contributed by atoms with Crippen molar-refractivity contribution in [1.82, 2.24) is 4.90 Å². The lowest BCUT2D eigenvalue weighted by molar-refractivity contribution is -0.132. The Labute approximate surface area is 164 Å². The molecule has 0 spiro atoms. The van der Waals surface area contributed by atoms with E-state index < -0.39 is 6.10 Å². The van der Waals surface area contributed by atoms with Gasteiger partial charge in [0, 0.05) is 23.0 Å². The molecule has 0 saturated carbocycles. The van der Waals surface area contributed by atoms with E-state index in [1.54, 1.807) is 11.8 Å².